The Morgan fingerprint density at radius 1 is 1.06 bits per heavy atom. The predicted octanol–water partition coefficient (Wildman–Crippen LogP) is 0.851. The van der Waals surface area contributed by atoms with Crippen molar-refractivity contribution in [2.24, 2.45) is 0 Å². The van der Waals surface area contributed by atoms with Crippen LogP contribution in [0.2, 0.25) is 0 Å². The number of carbonyl (C=O) groups is 2. The zero-order chi connectivity index (χ0) is 12.1. The third kappa shape index (κ3) is 4.24. The Hall–Kier alpha value is -1.26. The molecular weight excluding hydrogens is 218 g/mol. The summed E-state index contributed by atoms with van der Waals surface area (Å²) >= 11 is 0. The summed E-state index contributed by atoms with van der Waals surface area (Å²) in [6.07, 6.45) is 6.71. The molecule has 1 aliphatic heterocycles. The largest absolute Gasteiger partial charge is 0.341 e. The summed E-state index contributed by atoms with van der Waals surface area (Å²) in [5.41, 5.74) is 0. The van der Waals surface area contributed by atoms with Crippen LogP contribution in [-0.4, -0.2) is 42.5 Å². The van der Waals surface area contributed by atoms with Crippen LogP contribution in [0.4, 0.5) is 4.79 Å². The molecule has 0 bridgehead atoms. The minimum Gasteiger partial charge on any atom is -0.341 e. The highest BCUT2D eigenvalue weighted by molar-refractivity contribution is 5.84. The van der Waals surface area contributed by atoms with Crippen molar-refractivity contribution in [1.29, 1.82) is 0 Å². The van der Waals surface area contributed by atoms with Gasteiger partial charge in [0.2, 0.25) is 5.91 Å². The summed E-state index contributed by atoms with van der Waals surface area (Å²) in [6.45, 7) is 1.80. The Balaban J connectivity index is 1.66. The maximum absolute atomic E-state index is 11.8. The fraction of sp³-hybridized carbons (Fsp3) is 0.833. The van der Waals surface area contributed by atoms with Crippen LogP contribution in [0.15, 0.2) is 0 Å². The van der Waals surface area contributed by atoms with Gasteiger partial charge in [-0.05, 0) is 25.7 Å². The zero-order valence-corrected chi connectivity index (χ0v) is 10.2. The van der Waals surface area contributed by atoms with Crippen molar-refractivity contribution in [3.05, 3.63) is 0 Å². The highest BCUT2D eigenvalue weighted by Crippen LogP contribution is 2.18. The Labute approximate surface area is 102 Å². The number of nitrogens with one attached hydrogen (secondary N) is 2. The molecule has 1 saturated carbocycles. The van der Waals surface area contributed by atoms with Gasteiger partial charge in [0.1, 0.15) is 0 Å². The molecule has 1 aliphatic carbocycles. The Morgan fingerprint density at radius 3 is 2.29 bits per heavy atom. The maximum Gasteiger partial charge on any atom is 0.315 e. The quantitative estimate of drug-likeness (QED) is 0.767. The fourth-order valence-corrected chi connectivity index (χ4v) is 2.05. The second-order valence-electron chi connectivity index (χ2n) is 4.90. The number of rotatable bonds is 3. The number of nitrogens with zero attached hydrogens (tertiary/aromatic N) is 1. The highest BCUT2D eigenvalue weighted by Gasteiger charge is 2.23. The first-order valence-electron chi connectivity index (χ1n) is 6.58. The van der Waals surface area contributed by atoms with Crippen LogP contribution in [0.3, 0.4) is 0 Å². The van der Waals surface area contributed by atoms with Crippen molar-refractivity contribution in [1.82, 2.24) is 15.5 Å². The predicted molar refractivity (Wildman–Crippen MR) is 64.6 cm³/mol. The van der Waals surface area contributed by atoms with Crippen molar-refractivity contribution in [3.63, 3.8) is 0 Å². The highest BCUT2D eigenvalue weighted by atomic mass is 16.2. The van der Waals surface area contributed by atoms with E-state index in [4.69, 9.17) is 0 Å². The molecule has 0 aromatic carbocycles. The second kappa shape index (κ2) is 5.89. The number of carbonyl (C=O) groups excluding carboxylic acids is 2. The van der Waals surface area contributed by atoms with E-state index in [1.165, 1.54) is 12.8 Å². The third-order valence-electron chi connectivity index (χ3n) is 3.27. The maximum atomic E-state index is 11.8. The standard InChI is InChI=1S/C12H21N3O2/c16-11(15-7-3-1-2-4-8-15)9-13-12(17)14-10-5-6-10/h10H,1-9H2,(H2,13,14,17). The average Bonchev–Trinajstić information content (AvgIpc) is 3.11. The fourth-order valence-electron chi connectivity index (χ4n) is 2.05. The van der Waals surface area contributed by atoms with Gasteiger partial charge in [-0.2, -0.15) is 0 Å². The van der Waals surface area contributed by atoms with Gasteiger partial charge in [0.25, 0.3) is 0 Å². The van der Waals surface area contributed by atoms with Gasteiger partial charge < -0.3 is 15.5 Å². The molecule has 0 atom stereocenters. The van der Waals surface area contributed by atoms with Gasteiger partial charge in [-0.25, -0.2) is 4.79 Å². The van der Waals surface area contributed by atoms with E-state index in [2.05, 4.69) is 10.6 Å². The van der Waals surface area contributed by atoms with E-state index in [0.717, 1.165) is 38.8 Å². The lowest BCUT2D eigenvalue weighted by Gasteiger charge is -2.20. The molecule has 5 nitrogen and oxygen atoms in total. The Kier molecular flexibility index (Phi) is 4.23. The number of amides is 3. The molecule has 96 valence electrons. The van der Waals surface area contributed by atoms with Crippen LogP contribution >= 0.6 is 0 Å². The minimum absolute atomic E-state index is 0.0397. The first-order valence-corrected chi connectivity index (χ1v) is 6.58. The second-order valence-corrected chi connectivity index (χ2v) is 4.90. The van der Waals surface area contributed by atoms with E-state index in [9.17, 15) is 9.59 Å². The van der Waals surface area contributed by atoms with Crippen LogP contribution in [0.25, 0.3) is 0 Å². The summed E-state index contributed by atoms with van der Waals surface area (Å²) in [4.78, 5) is 25.1. The molecule has 0 aromatic rings. The lowest BCUT2D eigenvalue weighted by Crippen LogP contribution is -2.44. The molecule has 0 unspecified atom stereocenters. The van der Waals surface area contributed by atoms with Crippen LogP contribution < -0.4 is 10.6 Å². The Bertz CT molecular complexity index is 281. The normalized spacial score (nSPS) is 20.6. The van der Waals surface area contributed by atoms with Crippen molar-refractivity contribution in [2.45, 2.75) is 44.6 Å². The van der Waals surface area contributed by atoms with Gasteiger partial charge in [-0.3, -0.25) is 4.79 Å². The molecule has 2 N–H and O–H groups in total. The van der Waals surface area contributed by atoms with E-state index >= 15 is 0 Å². The zero-order valence-electron chi connectivity index (χ0n) is 10.2. The molecule has 1 heterocycles. The molecule has 0 radical (unpaired) electrons. The molecule has 5 heteroatoms. The van der Waals surface area contributed by atoms with Crippen molar-refractivity contribution >= 4 is 11.9 Å². The van der Waals surface area contributed by atoms with Crippen molar-refractivity contribution in [2.75, 3.05) is 19.6 Å². The summed E-state index contributed by atoms with van der Waals surface area (Å²) in [7, 11) is 0. The van der Waals surface area contributed by atoms with Gasteiger partial charge >= 0.3 is 6.03 Å². The summed E-state index contributed by atoms with van der Waals surface area (Å²) < 4.78 is 0. The van der Waals surface area contributed by atoms with Crippen LogP contribution in [0, 0.1) is 0 Å². The van der Waals surface area contributed by atoms with Gasteiger partial charge in [0.15, 0.2) is 0 Å². The lowest BCUT2D eigenvalue weighted by atomic mass is 10.2. The van der Waals surface area contributed by atoms with E-state index in [-0.39, 0.29) is 18.5 Å². The molecule has 17 heavy (non-hydrogen) atoms. The summed E-state index contributed by atoms with van der Waals surface area (Å²) in [6, 6.07) is 0.124. The molecule has 0 spiro atoms. The lowest BCUT2D eigenvalue weighted by molar-refractivity contribution is -0.130. The summed E-state index contributed by atoms with van der Waals surface area (Å²) in [5, 5.41) is 5.43. The molecule has 1 saturated heterocycles. The number of hydrogen-bond acceptors (Lipinski definition) is 2. The number of hydrogen-bond donors (Lipinski definition) is 2. The minimum atomic E-state index is -0.212. The van der Waals surface area contributed by atoms with Gasteiger partial charge in [-0.1, -0.05) is 12.8 Å². The molecule has 2 aliphatic rings. The molecule has 2 fully saturated rings. The van der Waals surface area contributed by atoms with Gasteiger partial charge in [0, 0.05) is 19.1 Å². The van der Waals surface area contributed by atoms with Gasteiger partial charge in [0.05, 0.1) is 6.54 Å². The summed E-state index contributed by atoms with van der Waals surface area (Å²) in [5.74, 6) is 0.0397. The topological polar surface area (TPSA) is 61.4 Å². The van der Waals surface area contributed by atoms with Crippen LogP contribution in [0.5, 0.6) is 0 Å². The van der Waals surface area contributed by atoms with E-state index in [1.54, 1.807) is 0 Å². The van der Waals surface area contributed by atoms with E-state index < -0.39 is 0 Å². The third-order valence-corrected chi connectivity index (χ3v) is 3.27. The average molecular weight is 239 g/mol. The van der Waals surface area contributed by atoms with Crippen molar-refractivity contribution in [3.8, 4) is 0 Å². The Morgan fingerprint density at radius 2 is 1.71 bits per heavy atom. The molecule has 2 rings (SSSR count). The van der Waals surface area contributed by atoms with Crippen LogP contribution in [0.1, 0.15) is 38.5 Å². The van der Waals surface area contributed by atoms with E-state index in [1.807, 2.05) is 4.90 Å². The van der Waals surface area contributed by atoms with Gasteiger partial charge in [-0.15, -0.1) is 0 Å². The molecule has 3 amide bonds. The molecular formula is C12H21N3O2. The number of likely N-dealkylation sites (tertiary alicyclic amines) is 1. The SMILES string of the molecule is O=C(NCC(=O)N1CCCCCC1)NC1CC1. The number of urea groups is 1. The first kappa shape index (κ1) is 12.2. The van der Waals surface area contributed by atoms with Crippen LogP contribution in [-0.2, 0) is 4.79 Å². The molecule has 0 aromatic heterocycles. The monoisotopic (exact) mass is 239 g/mol. The smallest absolute Gasteiger partial charge is 0.315 e. The first-order chi connectivity index (χ1) is 8.25. The van der Waals surface area contributed by atoms with Crippen molar-refractivity contribution < 1.29 is 9.59 Å². The van der Waals surface area contributed by atoms with E-state index in [0.29, 0.717) is 6.04 Å².